The first-order chi connectivity index (χ1) is 9.69. The number of thiazole rings is 1. The molecule has 0 saturated heterocycles. The number of benzene rings is 1. The van der Waals surface area contributed by atoms with Gasteiger partial charge in [-0.3, -0.25) is 0 Å². The molecule has 6 heteroatoms. The molecule has 1 N–H and O–H groups in total. The molecule has 1 heterocycles. The van der Waals surface area contributed by atoms with Crippen molar-refractivity contribution in [2.45, 2.75) is 26.5 Å². The predicted octanol–water partition coefficient (Wildman–Crippen LogP) is 3.50. The number of aromatic nitrogens is 1. The van der Waals surface area contributed by atoms with E-state index < -0.39 is 11.6 Å². The fourth-order valence-electron chi connectivity index (χ4n) is 1.61. The van der Waals surface area contributed by atoms with E-state index in [1.165, 1.54) is 23.5 Å². The van der Waals surface area contributed by atoms with E-state index in [1.54, 1.807) is 0 Å². The quantitative estimate of drug-likeness (QED) is 0.794. The van der Waals surface area contributed by atoms with Gasteiger partial charge in [-0.1, -0.05) is 6.92 Å². The highest BCUT2D eigenvalue weighted by Gasteiger charge is 2.07. The highest BCUT2D eigenvalue weighted by atomic mass is 32.1. The van der Waals surface area contributed by atoms with Crippen LogP contribution in [0.15, 0.2) is 23.6 Å². The zero-order valence-corrected chi connectivity index (χ0v) is 12.0. The number of nitrogens with zero attached hydrogens (tertiary/aromatic N) is 1. The number of rotatable bonds is 7. The summed E-state index contributed by atoms with van der Waals surface area (Å²) in [7, 11) is 0. The minimum Gasteiger partial charge on any atom is -0.484 e. The third-order valence-corrected chi connectivity index (χ3v) is 3.47. The molecule has 0 aliphatic heterocycles. The molecule has 108 valence electrons. The van der Waals surface area contributed by atoms with Crippen molar-refractivity contribution in [2.75, 3.05) is 6.54 Å². The Hall–Kier alpha value is -1.53. The maximum atomic E-state index is 13.4. The molecule has 0 amide bonds. The molecule has 20 heavy (non-hydrogen) atoms. The predicted molar refractivity (Wildman–Crippen MR) is 74.8 cm³/mol. The van der Waals surface area contributed by atoms with Gasteiger partial charge in [0.1, 0.15) is 17.4 Å². The molecule has 1 aromatic carbocycles. The molecule has 0 unspecified atom stereocenters. The third-order valence-electron chi connectivity index (χ3n) is 2.57. The maximum absolute atomic E-state index is 13.4. The van der Waals surface area contributed by atoms with Crippen LogP contribution in [0.25, 0.3) is 0 Å². The largest absolute Gasteiger partial charge is 0.484 e. The fourth-order valence-corrected chi connectivity index (χ4v) is 2.36. The molecule has 0 radical (unpaired) electrons. The van der Waals surface area contributed by atoms with Gasteiger partial charge in [0.15, 0.2) is 11.6 Å². The molecule has 1 aromatic heterocycles. The molecule has 2 aromatic rings. The Morgan fingerprint density at radius 3 is 2.95 bits per heavy atom. The lowest BCUT2D eigenvalue weighted by atomic mass is 10.3. The second-order valence-electron chi connectivity index (χ2n) is 4.27. The molecule has 0 bridgehead atoms. The lowest BCUT2D eigenvalue weighted by molar-refractivity contribution is 0.285. The summed E-state index contributed by atoms with van der Waals surface area (Å²) in [5, 5.41) is 6.11. The van der Waals surface area contributed by atoms with Gasteiger partial charge < -0.3 is 10.1 Å². The maximum Gasteiger partial charge on any atom is 0.167 e. The molecule has 0 aliphatic rings. The van der Waals surface area contributed by atoms with Gasteiger partial charge >= 0.3 is 0 Å². The number of nitrogens with one attached hydrogen (secondary N) is 1. The third kappa shape index (κ3) is 4.25. The summed E-state index contributed by atoms with van der Waals surface area (Å²) in [5.41, 5.74) is 0.743. The first-order valence-electron chi connectivity index (χ1n) is 6.41. The summed E-state index contributed by atoms with van der Waals surface area (Å²) in [6.45, 7) is 3.95. The summed E-state index contributed by atoms with van der Waals surface area (Å²) in [4.78, 5) is 4.38. The first-order valence-corrected chi connectivity index (χ1v) is 7.29. The zero-order chi connectivity index (χ0) is 14.4. The fraction of sp³-hybridized carbons (Fsp3) is 0.357. The van der Waals surface area contributed by atoms with Crippen LogP contribution in [-0.2, 0) is 13.2 Å². The average Bonchev–Trinajstić information content (AvgIpc) is 2.86. The Labute approximate surface area is 120 Å². The lowest BCUT2D eigenvalue weighted by Crippen LogP contribution is -2.13. The van der Waals surface area contributed by atoms with E-state index in [0.29, 0.717) is 0 Å². The number of ether oxygens (including phenoxy) is 1. The van der Waals surface area contributed by atoms with Crippen LogP contribution < -0.4 is 10.1 Å². The molecule has 3 nitrogen and oxygen atoms in total. The normalized spacial score (nSPS) is 10.8. The number of hydrogen-bond donors (Lipinski definition) is 1. The van der Waals surface area contributed by atoms with Crippen molar-refractivity contribution in [3.05, 3.63) is 45.9 Å². The number of halogens is 2. The Morgan fingerprint density at radius 2 is 2.20 bits per heavy atom. The van der Waals surface area contributed by atoms with Gasteiger partial charge in [0.2, 0.25) is 0 Å². The molecule has 0 spiro atoms. The van der Waals surface area contributed by atoms with Crippen molar-refractivity contribution in [2.24, 2.45) is 0 Å². The van der Waals surface area contributed by atoms with Crippen LogP contribution in [0.5, 0.6) is 5.75 Å². The van der Waals surface area contributed by atoms with E-state index in [2.05, 4.69) is 17.2 Å². The van der Waals surface area contributed by atoms with Crippen LogP contribution in [0.4, 0.5) is 8.78 Å². The summed E-state index contributed by atoms with van der Waals surface area (Å²) < 4.78 is 31.4. The minimum atomic E-state index is -0.704. The second kappa shape index (κ2) is 7.31. The van der Waals surface area contributed by atoms with Crippen LogP contribution in [0.2, 0.25) is 0 Å². The van der Waals surface area contributed by atoms with Crippen molar-refractivity contribution in [1.82, 2.24) is 10.3 Å². The Bertz CT molecular complexity index is 560. The Morgan fingerprint density at radius 1 is 1.35 bits per heavy atom. The van der Waals surface area contributed by atoms with Crippen molar-refractivity contribution in [3.8, 4) is 5.75 Å². The van der Waals surface area contributed by atoms with Gasteiger partial charge in [0.25, 0.3) is 0 Å². The van der Waals surface area contributed by atoms with Crippen LogP contribution >= 0.6 is 11.3 Å². The Balaban J connectivity index is 1.87. The van der Waals surface area contributed by atoms with Gasteiger partial charge in [0, 0.05) is 18.0 Å². The molecule has 2 rings (SSSR count). The van der Waals surface area contributed by atoms with E-state index in [-0.39, 0.29) is 12.4 Å². The SMILES string of the molecule is CCCNCc1nc(COc2ccc(F)cc2F)cs1. The van der Waals surface area contributed by atoms with Crippen LogP contribution in [0, 0.1) is 11.6 Å². The smallest absolute Gasteiger partial charge is 0.167 e. The van der Waals surface area contributed by atoms with Crippen molar-refractivity contribution in [1.29, 1.82) is 0 Å². The van der Waals surface area contributed by atoms with E-state index in [1.807, 2.05) is 5.38 Å². The van der Waals surface area contributed by atoms with Crippen molar-refractivity contribution < 1.29 is 13.5 Å². The second-order valence-corrected chi connectivity index (χ2v) is 5.22. The number of hydrogen-bond acceptors (Lipinski definition) is 4. The van der Waals surface area contributed by atoms with Gasteiger partial charge in [-0.25, -0.2) is 13.8 Å². The zero-order valence-electron chi connectivity index (χ0n) is 11.2. The van der Waals surface area contributed by atoms with Crippen molar-refractivity contribution >= 4 is 11.3 Å². The van der Waals surface area contributed by atoms with E-state index in [9.17, 15) is 8.78 Å². The van der Waals surface area contributed by atoms with Gasteiger partial charge in [-0.2, -0.15) is 0 Å². The summed E-state index contributed by atoms with van der Waals surface area (Å²) in [6.07, 6.45) is 1.07. The summed E-state index contributed by atoms with van der Waals surface area (Å²) in [5.74, 6) is -1.29. The van der Waals surface area contributed by atoms with E-state index in [0.717, 1.165) is 36.3 Å². The molecular weight excluding hydrogens is 282 g/mol. The van der Waals surface area contributed by atoms with E-state index in [4.69, 9.17) is 4.74 Å². The van der Waals surface area contributed by atoms with Crippen LogP contribution in [-0.4, -0.2) is 11.5 Å². The van der Waals surface area contributed by atoms with Gasteiger partial charge in [-0.05, 0) is 25.1 Å². The van der Waals surface area contributed by atoms with Gasteiger partial charge in [0.05, 0.1) is 5.69 Å². The average molecular weight is 298 g/mol. The lowest BCUT2D eigenvalue weighted by Gasteiger charge is -2.05. The molecular formula is C14H16F2N2OS. The van der Waals surface area contributed by atoms with Gasteiger partial charge in [-0.15, -0.1) is 11.3 Å². The Kier molecular flexibility index (Phi) is 5.43. The first kappa shape index (κ1) is 14.9. The minimum absolute atomic E-state index is 0.0325. The van der Waals surface area contributed by atoms with Crippen molar-refractivity contribution in [3.63, 3.8) is 0 Å². The summed E-state index contributed by atoms with van der Waals surface area (Å²) in [6, 6.07) is 3.25. The summed E-state index contributed by atoms with van der Waals surface area (Å²) >= 11 is 1.53. The molecule has 0 saturated carbocycles. The highest BCUT2D eigenvalue weighted by molar-refractivity contribution is 7.09. The molecule has 0 atom stereocenters. The van der Waals surface area contributed by atoms with Crippen LogP contribution in [0.3, 0.4) is 0 Å². The molecule has 0 fully saturated rings. The monoisotopic (exact) mass is 298 g/mol. The standard InChI is InChI=1S/C14H16F2N2OS/c1-2-5-17-7-14-18-11(9-20-14)8-19-13-4-3-10(15)6-12(13)16/h3-4,6,9,17H,2,5,7-8H2,1H3. The molecule has 0 aliphatic carbocycles. The topological polar surface area (TPSA) is 34.2 Å². The van der Waals surface area contributed by atoms with Crippen LogP contribution in [0.1, 0.15) is 24.0 Å². The van der Waals surface area contributed by atoms with E-state index >= 15 is 0 Å². The highest BCUT2D eigenvalue weighted by Crippen LogP contribution is 2.19.